The van der Waals surface area contributed by atoms with Gasteiger partial charge in [-0.15, -0.1) is 0 Å². The Bertz CT molecular complexity index is 902. The first-order chi connectivity index (χ1) is 13.2. The fourth-order valence-corrected chi connectivity index (χ4v) is 3.52. The zero-order chi connectivity index (χ0) is 18.6. The Hall–Kier alpha value is -2.93. The lowest BCUT2D eigenvalue weighted by Crippen LogP contribution is -2.38. The molecule has 3 aromatic rings. The summed E-state index contributed by atoms with van der Waals surface area (Å²) in [7, 11) is 0. The molecule has 4 rings (SSSR count). The van der Waals surface area contributed by atoms with E-state index in [0.717, 1.165) is 23.6 Å². The standard InChI is InChI=1S/C20H23N5O2/c1-15-8-18(23-27-15)13-24-11-17(12-25-7-3-5-19(25)14-24)20(26)22-10-16-4-2-6-21-9-16/h2-9,17H,10-14H2,1H3,(H,22,26)/t17-/m0/s1. The van der Waals surface area contributed by atoms with Gasteiger partial charge in [-0.3, -0.25) is 14.7 Å². The normalized spacial score (nSPS) is 17.3. The van der Waals surface area contributed by atoms with Gasteiger partial charge < -0.3 is 14.4 Å². The molecule has 1 amide bonds. The monoisotopic (exact) mass is 365 g/mol. The van der Waals surface area contributed by atoms with E-state index in [-0.39, 0.29) is 11.8 Å². The van der Waals surface area contributed by atoms with Crippen LogP contribution in [0, 0.1) is 12.8 Å². The minimum Gasteiger partial charge on any atom is -0.361 e. The Balaban J connectivity index is 1.46. The molecule has 140 valence electrons. The molecule has 0 saturated carbocycles. The molecule has 1 aliphatic heterocycles. The maximum Gasteiger partial charge on any atom is 0.226 e. The second-order valence-electron chi connectivity index (χ2n) is 7.03. The molecule has 1 atom stereocenters. The van der Waals surface area contributed by atoms with Crippen LogP contribution in [0.15, 0.2) is 53.4 Å². The summed E-state index contributed by atoms with van der Waals surface area (Å²) in [6, 6.07) is 9.92. The molecule has 7 heteroatoms. The van der Waals surface area contributed by atoms with Crippen molar-refractivity contribution >= 4 is 5.91 Å². The molecule has 1 N–H and O–H groups in total. The van der Waals surface area contributed by atoms with Crippen LogP contribution in [0.4, 0.5) is 0 Å². The molecule has 27 heavy (non-hydrogen) atoms. The van der Waals surface area contributed by atoms with Crippen LogP contribution in [0.25, 0.3) is 0 Å². The number of carbonyl (C=O) groups excluding carboxylic acids is 1. The van der Waals surface area contributed by atoms with Gasteiger partial charge >= 0.3 is 0 Å². The molecule has 0 aromatic carbocycles. The van der Waals surface area contributed by atoms with E-state index >= 15 is 0 Å². The van der Waals surface area contributed by atoms with Crippen LogP contribution in [-0.2, 0) is 31.0 Å². The summed E-state index contributed by atoms with van der Waals surface area (Å²) in [5, 5.41) is 7.15. The molecule has 1 aliphatic rings. The van der Waals surface area contributed by atoms with E-state index in [2.05, 4.69) is 31.0 Å². The third-order valence-corrected chi connectivity index (χ3v) is 4.83. The molecule has 0 bridgehead atoms. The highest BCUT2D eigenvalue weighted by atomic mass is 16.5. The molecule has 3 aromatic heterocycles. The summed E-state index contributed by atoms with van der Waals surface area (Å²) in [4.78, 5) is 19.2. The van der Waals surface area contributed by atoms with Crippen LogP contribution in [-0.4, -0.2) is 32.1 Å². The minimum absolute atomic E-state index is 0.0572. The van der Waals surface area contributed by atoms with Crippen LogP contribution in [0.5, 0.6) is 0 Å². The van der Waals surface area contributed by atoms with Crippen molar-refractivity contribution in [3.8, 4) is 0 Å². The molecule has 0 aliphatic carbocycles. The maximum absolute atomic E-state index is 12.9. The van der Waals surface area contributed by atoms with Gasteiger partial charge in [-0.05, 0) is 30.7 Å². The first-order valence-corrected chi connectivity index (χ1v) is 9.12. The van der Waals surface area contributed by atoms with Gasteiger partial charge in [0, 0.05) is 63.1 Å². The summed E-state index contributed by atoms with van der Waals surface area (Å²) in [5.41, 5.74) is 3.09. The number of pyridine rings is 1. The van der Waals surface area contributed by atoms with Gasteiger partial charge in [0.25, 0.3) is 0 Å². The summed E-state index contributed by atoms with van der Waals surface area (Å²) in [6.45, 7) is 5.17. The average Bonchev–Trinajstić information content (AvgIpc) is 3.24. The van der Waals surface area contributed by atoms with Gasteiger partial charge in [0.05, 0.1) is 11.6 Å². The van der Waals surface area contributed by atoms with Gasteiger partial charge in [-0.25, -0.2) is 0 Å². The van der Waals surface area contributed by atoms with E-state index in [4.69, 9.17) is 4.52 Å². The quantitative estimate of drug-likeness (QED) is 0.750. The number of fused-ring (bicyclic) bond motifs is 1. The lowest BCUT2D eigenvalue weighted by atomic mass is 10.1. The second kappa shape index (κ2) is 7.75. The molecular weight excluding hydrogens is 342 g/mol. The Morgan fingerprint density at radius 1 is 1.33 bits per heavy atom. The van der Waals surface area contributed by atoms with E-state index in [0.29, 0.717) is 26.2 Å². The number of carbonyl (C=O) groups is 1. The second-order valence-corrected chi connectivity index (χ2v) is 7.03. The molecule has 0 radical (unpaired) electrons. The van der Waals surface area contributed by atoms with Crippen LogP contribution in [0.2, 0.25) is 0 Å². The van der Waals surface area contributed by atoms with E-state index in [1.54, 1.807) is 12.4 Å². The molecule has 7 nitrogen and oxygen atoms in total. The molecule has 0 fully saturated rings. The Kier molecular flexibility index (Phi) is 5.02. The number of hydrogen-bond donors (Lipinski definition) is 1. The highest BCUT2D eigenvalue weighted by Gasteiger charge is 2.27. The summed E-state index contributed by atoms with van der Waals surface area (Å²) in [6.07, 6.45) is 5.55. The predicted octanol–water partition coefficient (Wildman–Crippen LogP) is 2.13. The molecule has 0 spiro atoms. The number of nitrogens with one attached hydrogen (secondary N) is 1. The van der Waals surface area contributed by atoms with Crippen LogP contribution in [0.3, 0.4) is 0 Å². The predicted molar refractivity (Wildman–Crippen MR) is 99.4 cm³/mol. The number of aromatic nitrogens is 3. The van der Waals surface area contributed by atoms with Crippen molar-refractivity contribution < 1.29 is 9.32 Å². The van der Waals surface area contributed by atoms with Gasteiger partial charge in [0.2, 0.25) is 5.91 Å². The lowest BCUT2D eigenvalue weighted by Gasteiger charge is -2.22. The third kappa shape index (κ3) is 4.25. The smallest absolute Gasteiger partial charge is 0.226 e. The summed E-state index contributed by atoms with van der Waals surface area (Å²) in [5.74, 6) is 0.721. The molecular formula is C20H23N5O2. The Labute approximate surface area is 158 Å². The van der Waals surface area contributed by atoms with Gasteiger partial charge in [-0.1, -0.05) is 11.2 Å². The van der Waals surface area contributed by atoms with E-state index < -0.39 is 0 Å². The van der Waals surface area contributed by atoms with Crippen molar-refractivity contribution in [1.82, 2.24) is 24.9 Å². The van der Waals surface area contributed by atoms with E-state index in [1.807, 2.05) is 37.4 Å². The fraction of sp³-hybridized carbons (Fsp3) is 0.350. The van der Waals surface area contributed by atoms with Crippen molar-refractivity contribution in [1.29, 1.82) is 0 Å². The molecule has 4 heterocycles. The SMILES string of the molecule is Cc1cc(CN2Cc3cccn3C[C@@H](C(=O)NCc3cccnc3)C2)no1. The van der Waals surface area contributed by atoms with Crippen molar-refractivity contribution in [2.45, 2.75) is 33.1 Å². The topological polar surface area (TPSA) is 76.2 Å². The first-order valence-electron chi connectivity index (χ1n) is 9.12. The van der Waals surface area contributed by atoms with Crippen molar-refractivity contribution in [2.75, 3.05) is 6.54 Å². The Morgan fingerprint density at radius 3 is 3.04 bits per heavy atom. The lowest BCUT2D eigenvalue weighted by molar-refractivity contribution is -0.126. The number of aryl methyl sites for hydroxylation is 1. The van der Waals surface area contributed by atoms with E-state index in [1.165, 1.54) is 5.69 Å². The van der Waals surface area contributed by atoms with Crippen molar-refractivity contribution in [2.24, 2.45) is 5.92 Å². The fourth-order valence-electron chi connectivity index (χ4n) is 3.52. The molecule has 0 unspecified atom stereocenters. The third-order valence-electron chi connectivity index (χ3n) is 4.83. The van der Waals surface area contributed by atoms with Crippen LogP contribution in [0.1, 0.15) is 22.7 Å². The van der Waals surface area contributed by atoms with Crippen molar-refractivity contribution in [3.05, 3.63) is 71.6 Å². The van der Waals surface area contributed by atoms with Crippen LogP contribution < -0.4 is 5.32 Å². The number of nitrogens with zero attached hydrogens (tertiary/aromatic N) is 4. The summed E-state index contributed by atoms with van der Waals surface area (Å²) >= 11 is 0. The largest absolute Gasteiger partial charge is 0.361 e. The zero-order valence-electron chi connectivity index (χ0n) is 15.3. The van der Waals surface area contributed by atoms with Gasteiger partial charge in [-0.2, -0.15) is 0 Å². The highest BCUT2D eigenvalue weighted by Crippen LogP contribution is 2.19. The zero-order valence-corrected chi connectivity index (χ0v) is 15.3. The first kappa shape index (κ1) is 17.5. The van der Waals surface area contributed by atoms with E-state index in [9.17, 15) is 4.79 Å². The summed E-state index contributed by atoms with van der Waals surface area (Å²) < 4.78 is 7.36. The molecule has 0 saturated heterocycles. The minimum atomic E-state index is -0.136. The number of rotatable bonds is 5. The van der Waals surface area contributed by atoms with Crippen molar-refractivity contribution in [3.63, 3.8) is 0 Å². The van der Waals surface area contributed by atoms with Crippen LogP contribution >= 0.6 is 0 Å². The van der Waals surface area contributed by atoms with Gasteiger partial charge in [0.15, 0.2) is 0 Å². The number of hydrogen-bond acceptors (Lipinski definition) is 5. The average molecular weight is 365 g/mol. The Morgan fingerprint density at radius 2 is 2.26 bits per heavy atom. The highest BCUT2D eigenvalue weighted by molar-refractivity contribution is 5.78. The number of amides is 1. The van der Waals surface area contributed by atoms with Gasteiger partial charge in [0.1, 0.15) is 5.76 Å². The maximum atomic E-state index is 12.9.